The smallest absolute Gasteiger partial charge is 0.246 e. The summed E-state index contributed by atoms with van der Waals surface area (Å²) in [5, 5.41) is 3.55. The van der Waals surface area contributed by atoms with Gasteiger partial charge in [0.25, 0.3) is 0 Å². The molecule has 202 valence electrons. The number of hydrogen-bond acceptors (Lipinski definition) is 5. The topological polar surface area (TPSA) is 79.0 Å². The number of nitrogens with zero attached hydrogens (tertiary/aromatic N) is 2. The Hall–Kier alpha value is -2.04. The molecule has 2 aromatic rings. The molecule has 0 radical (unpaired) electrons. The molecule has 1 aliphatic carbocycles. The van der Waals surface area contributed by atoms with Crippen molar-refractivity contribution in [2.45, 2.75) is 55.2 Å². The molecule has 0 spiro atoms. The minimum Gasteiger partial charge on any atom is -0.367 e. The molecule has 10 heteroatoms. The molecular weight excluding hydrogens is 517 g/mol. The zero-order valence-corrected chi connectivity index (χ0v) is 22.8. The van der Waals surface area contributed by atoms with E-state index in [9.17, 15) is 17.6 Å². The van der Waals surface area contributed by atoms with Crippen molar-refractivity contribution in [2.75, 3.05) is 33.8 Å². The maximum atomic E-state index is 13.8. The van der Waals surface area contributed by atoms with Gasteiger partial charge < -0.3 is 15.0 Å². The van der Waals surface area contributed by atoms with Crippen molar-refractivity contribution in [3.63, 3.8) is 0 Å². The van der Waals surface area contributed by atoms with Crippen LogP contribution in [0.25, 0.3) is 0 Å². The molecule has 7 nitrogen and oxygen atoms in total. The Kier molecular flexibility index (Phi) is 9.24. The first-order chi connectivity index (χ1) is 17.6. The number of halogens is 2. The van der Waals surface area contributed by atoms with Gasteiger partial charge in [0.05, 0.1) is 11.0 Å². The summed E-state index contributed by atoms with van der Waals surface area (Å²) < 4.78 is 46.6. The third-order valence-corrected chi connectivity index (χ3v) is 9.47. The van der Waals surface area contributed by atoms with E-state index in [4.69, 9.17) is 16.3 Å². The van der Waals surface area contributed by atoms with Gasteiger partial charge in [-0.05, 0) is 94.1 Å². The first-order valence-electron chi connectivity index (χ1n) is 12.7. The summed E-state index contributed by atoms with van der Waals surface area (Å²) in [5.41, 5.74) is 0.981. The van der Waals surface area contributed by atoms with Crippen LogP contribution in [-0.2, 0) is 19.6 Å². The Bertz CT molecular complexity index is 1170. The van der Waals surface area contributed by atoms with E-state index in [1.807, 2.05) is 20.2 Å². The van der Waals surface area contributed by atoms with Crippen LogP contribution in [0.5, 0.6) is 0 Å². The van der Waals surface area contributed by atoms with Crippen molar-refractivity contribution in [2.24, 2.45) is 5.92 Å². The minimum absolute atomic E-state index is 0.0769. The van der Waals surface area contributed by atoms with E-state index in [0.717, 1.165) is 31.2 Å². The summed E-state index contributed by atoms with van der Waals surface area (Å²) in [6.45, 7) is 0.470. The van der Waals surface area contributed by atoms with Crippen LogP contribution in [0.1, 0.15) is 43.7 Å². The number of rotatable bonds is 9. The lowest BCUT2D eigenvalue weighted by molar-refractivity contribution is -0.128. The lowest BCUT2D eigenvalue weighted by Crippen LogP contribution is -2.42. The second-order valence-electron chi connectivity index (χ2n) is 10.2. The van der Waals surface area contributed by atoms with Gasteiger partial charge in [0.2, 0.25) is 15.9 Å². The average molecular weight is 552 g/mol. The summed E-state index contributed by atoms with van der Waals surface area (Å²) in [7, 11) is 0.418. The van der Waals surface area contributed by atoms with E-state index < -0.39 is 10.0 Å². The molecule has 1 saturated heterocycles. The summed E-state index contributed by atoms with van der Waals surface area (Å²) >= 11 is 5.87. The summed E-state index contributed by atoms with van der Waals surface area (Å²) in [5.74, 6) is -0.0247. The molecule has 1 amide bonds. The van der Waals surface area contributed by atoms with Crippen LogP contribution in [0.4, 0.5) is 4.39 Å². The van der Waals surface area contributed by atoms with Gasteiger partial charge in [-0.2, -0.15) is 4.31 Å². The van der Waals surface area contributed by atoms with Crippen molar-refractivity contribution in [3.8, 4) is 0 Å². The van der Waals surface area contributed by atoms with Crippen molar-refractivity contribution in [1.29, 1.82) is 0 Å². The van der Waals surface area contributed by atoms with Crippen LogP contribution in [0.2, 0.25) is 5.02 Å². The van der Waals surface area contributed by atoms with Crippen molar-refractivity contribution in [3.05, 3.63) is 64.9 Å². The number of carbonyl (C=O) groups is 1. The normalized spacial score (nSPS) is 23.8. The molecule has 1 heterocycles. The first-order valence-corrected chi connectivity index (χ1v) is 14.5. The predicted molar refractivity (Wildman–Crippen MR) is 141 cm³/mol. The van der Waals surface area contributed by atoms with Gasteiger partial charge in [0, 0.05) is 30.2 Å². The number of ether oxygens (including phenoxy) is 1. The molecular formula is C27H35ClFN3O4S. The van der Waals surface area contributed by atoms with Crippen LogP contribution in [0.3, 0.4) is 0 Å². The van der Waals surface area contributed by atoms with Crippen LogP contribution >= 0.6 is 11.6 Å². The highest BCUT2D eigenvalue weighted by Gasteiger charge is 2.34. The minimum atomic E-state index is -3.62. The Morgan fingerprint density at radius 1 is 1.14 bits per heavy atom. The van der Waals surface area contributed by atoms with Crippen LogP contribution in [0.15, 0.2) is 53.4 Å². The molecule has 4 rings (SSSR count). The average Bonchev–Trinajstić information content (AvgIpc) is 3.34. The highest BCUT2D eigenvalue weighted by Crippen LogP contribution is 2.37. The van der Waals surface area contributed by atoms with Crippen molar-refractivity contribution >= 4 is 27.5 Å². The fraction of sp³-hybridized carbons (Fsp3) is 0.519. The van der Waals surface area contributed by atoms with E-state index in [-0.39, 0.29) is 48.0 Å². The van der Waals surface area contributed by atoms with Gasteiger partial charge in [-0.25, -0.2) is 12.8 Å². The number of sulfonamides is 1. The first kappa shape index (κ1) is 28.0. The van der Waals surface area contributed by atoms with Crippen LogP contribution in [-0.4, -0.2) is 69.5 Å². The van der Waals surface area contributed by atoms with Crippen LogP contribution in [0, 0.1) is 11.7 Å². The summed E-state index contributed by atoms with van der Waals surface area (Å²) in [4.78, 5) is 14.9. The fourth-order valence-electron chi connectivity index (χ4n) is 5.53. The number of hydrogen-bond donors (Lipinski definition) is 1. The molecule has 37 heavy (non-hydrogen) atoms. The molecule has 2 atom stereocenters. The van der Waals surface area contributed by atoms with Crippen molar-refractivity contribution in [1.82, 2.24) is 14.5 Å². The number of carbonyl (C=O) groups excluding carboxylic acids is 1. The molecule has 1 aliphatic heterocycles. The largest absolute Gasteiger partial charge is 0.367 e. The van der Waals surface area contributed by atoms with Gasteiger partial charge in [0.1, 0.15) is 12.4 Å². The van der Waals surface area contributed by atoms with Gasteiger partial charge in [-0.3, -0.25) is 4.79 Å². The maximum Gasteiger partial charge on any atom is 0.246 e. The van der Waals surface area contributed by atoms with E-state index in [0.29, 0.717) is 23.9 Å². The molecule has 2 aliphatic rings. The molecule has 0 aromatic heterocycles. The molecule has 1 saturated carbocycles. The number of amides is 1. The van der Waals surface area contributed by atoms with Crippen LogP contribution < -0.4 is 5.32 Å². The van der Waals surface area contributed by atoms with Gasteiger partial charge in [-0.1, -0.05) is 23.7 Å². The second kappa shape index (κ2) is 12.2. The monoisotopic (exact) mass is 551 g/mol. The zero-order chi connectivity index (χ0) is 26.6. The van der Waals surface area contributed by atoms with E-state index >= 15 is 0 Å². The number of nitrogens with one attached hydrogen (secondary N) is 1. The molecule has 2 aromatic carbocycles. The lowest BCUT2D eigenvalue weighted by atomic mass is 9.78. The van der Waals surface area contributed by atoms with Gasteiger partial charge in [-0.15, -0.1) is 0 Å². The van der Waals surface area contributed by atoms with E-state index in [1.165, 1.54) is 22.5 Å². The maximum absolute atomic E-state index is 13.8. The number of benzene rings is 2. The SMILES string of the molecule is CN(C)C(c1cccc(F)c1)C1CCC(NC(=O)COC2CCN(S(=O)(=O)c3ccc(Cl)cc3)C2)CC1. The second-order valence-corrected chi connectivity index (χ2v) is 12.6. The Morgan fingerprint density at radius 2 is 1.84 bits per heavy atom. The van der Waals surface area contributed by atoms with Crippen molar-refractivity contribution < 1.29 is 22.3 Å². The quantitative estimate of drug-likeness (QED) is 0.504. The predicted octanol–water partition coefficient (Wildman–Crippen LogP) is 4.24. The highest BCUT2D eigenvalue weighted by atomic mass is 35.5. The fourth-order valence-corrected chi connectivity index (χ4v) is 7.14. The molecule has 2 fully saturated rings. The summed E-state index contributed by atoms with van der Waals surface area (Å²) in [6.07, 6.45) is 3.79. The van der Waals surface area contributed by atoms with E-state index in [2.05, 4.69) is 10.2 Å². The molecule has 1 N–H and O–H groups in total. The Labute approximate surface area is 224 Å². The Morgan fingerprint density at radius 3 is 2.49 bits per heavy atom. The Balaban J connectivity index is 1.22. The lowest BCUT2D eigenvalue weighted by Gasteiger charge is -2.37. The van der Waals surface area contributed by atoms with Gasteiger partial charge >= 0.3 is 0 Å². The highest BCUT2D eigenvalue weighted by molar-refractivity contribution is 7.89. The summed E-state index contributed by atoms with van der Waals surface area (Å²) in [6, 6.07) is 13.1. The third-order valence-electron chi connectivity index (χ3n) is 7.34. The van der Waals surface area contributed by atoms with E-state index in [1.54, 1.807) is 24.3 Å². The molecule has 2 unspecified atom stereocenters. The molecule has 0 bridgehead atoms. The zero-order valence-electron chi connectivity index (χ0n) is 21.3. The van der Waals surface area contributed by atoms with Gasteiger partial charge in [0.15, 0.2) is 0 Å². The third kappa shape index (κ3) is 7.09. The standard InChI is InChI=1S/C27H35ClFN3O4S/c1-31(2)27(20-4-3-5-22(29)16-20)19-6-10-23(11-7-19)30-26(33)18-36-24-14-15-32(17-24)37(34,35)25-12-8-21(28)9-13-25/h3-5,8-9,12-13,16,19,23-24,27H,6-7,10-11,14-15,17-18H2,1-2H3,(H,30,33).